The van der Waals surface area contributed by atoms with E-state index in [0.717, 1.165) is 25.9 Å². The van der Waals surface area contributed by atoms with Crippen molar-refractivity contribution >= 4 is 5.91 Å². The first-order valence-electron chi connectivity index (χ1n) is 10.5. The molecule has 1 amide bonds. The molecule has 3 heterocycles. The Morgan fingerprint density at radius 2 is 1.58 bits per heavy atom. The van der Waals surface area contributed by atoms with E-state index in [1.165, 1.54) is 70.5 Å². The van der Waals surface area contributed by atoms with Crippen LogP contribution >= 0.6 is 0 Å². The molecule has 3 aliphatic heterocycles. The van der Waals surface area contributed by atoms with Gasteiger partial charge in [-0.3, -0.25) is 4.79 Å². The van der Waals surface area contributed by atoms with E-state index in [1.807, 2.05) is 6.07 Å². The Kier molecular flexibility index (Phi) is 5.60. The minimum absolute atomic E-state index is 0.325. The minimum Gasteiger partial charge on any atom is -0.338 e. The third-order valence-corrected chi connectivity index (χ3v) is 6.64. The van der Waals surface area contributed by atoms with Crippen molar-refractivity contribution in [3.05, 3.63) is 35.9 Å². The summed E-state index contributed by atoms with van der Waals surface area (Å²) in [5, 5.41) is 0. The lowest BCUT2D eigenvalue weighted by molar-refractivity contribution is -0.140. The number of nitrogens with zero attached hydrogens (tertiary/aromatic N) is 3. The van der Waals surface area contributed by atoms with Crippen molar-refractivity contribution in [1.29, 1.82) is 0 Å². The Morgan fingerprint density at radius 1 is 0.846 bits per heavy atom. The van der Waals surface area contributed by atoms with Gasteiger partial charge in [0.15, 0.2) is 0 Å². The fourth-order valence-corrected chi connectivity index (χ4v) is 5.17. The molecule has 0 N–H and O–H groups in total. The van der Waals surface area contributed by atoms with Crippen LogP contribution in [0.3, 0.4) is 0 Å². The smallest absolute Gasteiger partial charge is 0.222 e. The van der Waals surface area contributed by atoms with Gasteiger partial charge in [-0.05, 0) is 57.3 Å². The molecule has 3 aliphatic rings. The third kappa shape index (κ3) is 4.29. The topological polar surface area (TPSA) is 26.8 Å². The molecule has 4 nitrogen and oxygen atoms in total. The Hall–Kier alpha value is -1.39. The van der Waals surface area contributed by atoms with E-state index in [-0.39, 0.29) is 0 Å². The highest BCUT2D eigenvalue weighted by Gasteiger charge is 2.41. The van der Waals surface area contributed by atoms with Crippen molar-refractivity contribution in [1.82, 2.24) is 14.7 Å². The molecule has 1 aromatic carbocycles. The fourth-order valence-electron chi connectivity index (χ4n) is 5.17. The molecule has 0 unspecified atom stereocenters. The molecule has 0 aromatic heterocycles. The zero-order valence-corrected chi connectivity index (χ0v) is 16.0. The standard InChI is InChI=1S/C22H33N3O/c26-21-9-11-22(19-25(21)17-20-7-2-1-3-8-20)10-6-14-24(18-22)16-15-23-12-4-5-13-23/h1-3,7-8H,4-6,9-19H2/t22-/m0/s1. The maximum absolute atomic E-state index is 12.5. The van der Waals surface area contributed by atoms with Crippen LogP contribution in [0.1, 0.15) is 44.1 Å². The van der Waals surface area contributed by atoms with Gasteiger partial charge >= 0.3 is 0 Å². The highest BCUT2D eigenvalue weighted by atomic mass is 16.2. The van der Waals surface area contributed by atoms with Crippen LogP contribution in [0.4, 0.5) is 0 Å². The number of rotatable bonds is 5. The van der Waals surface area contributed by atoms with Crippen molar-refractivity contribution < 1.29 is 4.79 Å². The molecule has 1 aromatic rings. The van der Waals surface area contributed by atoms with Gasteiger partial charge in [0.1, 0.15) is 0 Å². The minimum atomic E-state index is 0.325. The van der Waals surface area contributed by atoms with Gasteiger partial charge in [-0.25, -0.2) is 0 Å². The zero-order chi connectivity index (χ0) is 17.8. The summed E-state index contributed by atoms with van der Waals surface area (Å²) in [6.07, 6.45) is 7.13. The largest absolute Gasteiger partial charge is 0.338 e. The van der Waals surface area contributed by atoms with Gasteiger partial charge in [0.2, 0.25) is 5.91 Å². The summed E-state index contributed by atoms with van der Waals surface area (Å²) < 4.78 is 0. The maximum Gasteiger partial charge on any atom is 0.222 e. The van der Waals surface area contributed by atoms with Crippen molar-refractivity contribution in [2.24, 2.45) is 5.41 Å². The molecule has 0 aliphatic carbocycles. The Bertz CT molecular complexity index is 599. The molecule has 4 rings (SSSR count). The monoisotopic (exact) mass is 355 g/mol. The first kappa shape index (κ1) is 18.0. The van der Waals surface area contributed by atoms with E-state index in [1.54, 1.807) is 0 Å². The average Bonchev–Trinajstić information content (AvgIpc) is 3.18. The van der Waals surface area contributed by atoms with Crippen LogP contribution in [0.5, 0.6) is 0 Å². The normalized spacial score (nSPS) is 28.2. The predicted octanol–water partition coefficient (Wildman–Crippen LogP) is 2.99. The SMILES string of the molecule is O=C1CC[C@]2(CCCN(CCN3CCCC3)C2)CN1Cc1ccccc1. The molecule has 142 valence electrons. The van der Waals surface area contributed by atoms with Crippen LogP contribution in [0.15, 0.2) is 30.3 Å². The molecule has 3 fully saturated rings. The fraction of sp³-hybridized carbons (Fsp3) is 0.682. The summed E-state index contributed by atoms with van der Waals surface area (Å²) in [6.45, 7) is 9.14. The third-order valence-electron chi connectivity index (χ3n) is 6.64. The second kappa shape index (κ2) is 8.10. The van der Waals surface area contributed by atoms with Crippen LogP contribution in [-0.2, 0) is 11.3 Å². The number of hydrogen-bond acceptors (Lipinski definition) is 3. The summed E-state index contributed by atoms with van der Waals surface area (Å²) >= 11 is 0. The van der Waals surface area contributed by atoms with Crippen LogP contribution in [0, 0.1) is 5.41 Å². The molecular formula is C22H33N3O. The molecular weight excluding hydrogens is 322 g/mol. The van der Waals surface area contributed by atoms with Crippen molar-refractivity contribution in [2.45, 2.75) is 45.1 Å². The van der Waals surface area contributed by atoms with Crippen LogP contribution in [0.25, 0.3) is 0 Å². The van der Waals surface area contributed by atoms with Gasteiger partial charge < -0.3 is 14.7 Å². The number of benzene rings is 1. The van der Waals surface area contributed by atoms with E-state index in [2.05, 4.69) is 39.0 Å². The predicted molar refractivity (Wildman–Crippen MR) is 105 cm³/mol. The van der Waals surface area contributed by atoms with Crippen LogP contribution < -0.4 is 0 Å². The summed E-state index contributed by atoms with van der Waals surface area (Å²) in [7, 11) is 0. The van der Waals surface area contributed by atoms with Gasteiger partial charge in [0, 0.05) is 44.6 Å². The molecule has 4 heteroatoms. The number of likely N-dealkylation sites (tertiary alicyclic amines) is 3. The average molecular weight is 356 g/mol. The first-order valence-corrected chi connectivity index (χ1v) is 10.5. The lowest BCUT2D eigenvalue weighted by Gasteiger charge is -2.48. The number of hydrogen-bond donors (Lipinski definition) is 0. The van der Waals surface area contributed by atoms with E-state index in [4.69, 9.17) is 0 Å². The first-order chi connectivity index (χ1) is 12.7. The lowest BCUT2D eigenvalue weighted by atomic mass is 9.73. The van der Waals surface area contributed by atoms with Gasteiger partial charge in [-0.1, -0.05) is 30.3 Å². The summed E-state index contributed by atoms with van der Waals surface area (Å²) in [5.41, 5.74) is 1.57. The van der Waals surface area contributed by atoms with Crippen molar-refractivity contribution in [3.8, 4) is 0 Å². The molecule has 1 spiro atoms. The molecule has 26 heavy (non-hydrogen) atoms. The summed E-state index contributed by atoms with van der Waals surface area (Å²) in [5.74, 6) is 0.341. The number of amides is 1. The number of carbonyl (C=O) groups is 1. The Balaban J connectivity index is 1.36. The molecule has 0 saturated carbocycles. The van der Waals surface area contributed by atoms with Crippen LogP contribution in [-0.4, -0.2) is 66.4 Å². The quantitative estimate of drug-likeness (QED) is 0.812. The van der Waals surface area contributed by atoms with Gasteiger partial charge in [0.25, 0.3) is 0 Å². The van der Waals surface area contributed by atoms with Gasteiger partial charge in [-0.15, -0.1) is 0 Å². The van der Waals surface area contributed by atoms with Gasteiger partial charge in [0.05, 0.1) is 0 Å². The highest BCUT2D eigenvalue weighted by molar-refractivity contribution is 5.77. The van der Waals surface area contributed by atoms with E-state index >= 15 is 0 Å². The Morgan fingerprint density at radius 3 is 2.38 bits per heavy atom. The zero-order valence-electron chi connectivity index (χ0n) is 16.0. The molecule has 0 bridgehead atoms. The van der Waals surface area contributed by atoms with E-state index in [0.29, 0.717) is 11.3 Å². The molecule has 3 saturated heterocycles. The van der Waals surface area contributed by atoms with Crippen molar-refractivity contribution in [3.63, 3.8) is 0 Å². The second-order valence-electron chi connectivity index (χ2n) is 8.66. The van der Waals surface area contributed by atoms with Crippen LogP contribution in [0.2, 0.25) is 0 Å². The van der Waals surface area contributed by atoms with E-state index in [9.17, 15) is 4.79 Å². The summed E-state index contributed by atoms with van der Waals surface area (Å²) in [4.78, 5) is 19.9. The molecule has 0 radical (unpaired) electrons. The number of piperidine rings is 2. The molecule has 1 atom stereocenters. The summed E-state index contributed by atoms with van der Waals surface area (Å²) in [6, 6.07) is 10.5. The highest BCUT2D eigenvalue weighted by Crippen LogP contribution is 2.39. The second-order valence-corrected chi connectivity index (χ2v) is 8.66. The number of carbonyl (C=O) groups excluding carboxylic acids is 1. The lowest BCUT2D eigenvalue weighted by Crippen LogP contribution is -2.54. The maximum atomic E-state index is 12.5. The van der Waals surface area contributed by atoms with Gasteiger partial charge in [-0.2, -0.15) is 0 Å². The van der Waals surface area contributed by atoms with Crippen molar-refractivity contribution in [2.75, 3.05) is 45.8 Å². The Labute approximate surface area is 158 Å². The van der Waals surface area contributed by atoms with E-state index < -0.39 is 0 Å².